The van der Waals surface area contributed by atoms with Crippen molar-refractivity contribution >= 4 is 23.2 Å². The minimum Gasteiger partial charge on any atom is -0.325 e. The standard InChI is InChI=1S/C26H27N7O4/c34-24(31-19-6-1-16(2-7-19)22-27-11-12-28-22)18-5-10-21(26(15-18)33-36-37(26)33)25(35)32-20-8-3-17(4-9-20)23-29-13-14-30-23/h1-10,15,21-23,27-30H,11-14H2,(H-,31,32,34,35)/p+1/t21?,26-,33?/m1/s1. The van der Waals surface area contributed by atoms with Crippen LogP contribution in [0.4, 0.5) is 11.4 Å². The molecule has 0 bridgehead atoms. The number of hydrogen-bond acceptors (Lipinski definition) is 7. The van der Waals surface area contributed by atoms with Gasteiger partial charge in [-0.1, -0.05) is 36.4 Å². The van der Waals surface area contributed by atoms with Gasteiger partial charge in [-0.3, -0.25) is 30.9 Å². The molecule has 4 heterocycles. The molecule has 2 saturated heterocycles. The summed E-state index contributed by atoms with van der Waals surface area (Å²) in [4.78, 5) is 27.7. The number of anilines is 2. The zero-order chi connectivity index (χ0) is 25.0. The average Bonchev–Trinajstić information content (AvgIpc) is 3.60. The number of carbonyl (C=O) groups excluding carboxylic acids is 2. The highest BCUT2D eigenvalue weighted by Gasteiger charge is 2.84. The van der Waals surface area contributed by atoms with Crippen LogP contribution in [0.5, 0.6) is 0 Å². The first-order valence-electron chi connectivity index (χ1n) is 12.5. The van der Waals surface area contributed by atoms with E-state index in [1.54, 1.807) is 18.2 Å². The van der Waals surface area contributed by atoms with Crippen LogP contribution in [0.25, 0.3) is 0 Å². The van der Waals surface area contributed by atoms with Gasteiger partial charge in [0, 0.05) is 49.2 Å². The van der Waals surface area contributed by atoms with Crippen molar-refractivity contribution in [1.29, 1.82) is 0 Å². The van der Waals surface area contributed by atoms with Crippen molar-refractivity contribution < 1.29 is 18.6 Å². The van der Waals surface area contributed by atoms with Crippen LogP contribution in [-0.4, -0.2) is 42.9 Å². The highest BCUT2D eigenvalue weighted by molar-refractivity contribution is 6.06. The van der Waals surface area contributed by atoms with Crippen molar-refractivity contribution in [3.63, 3.8) is 0 Å². The number of benzene rings is 2. The van der Waals surface area contributed by atoms with Crippen LogP contribution in [0.15, 0.2) is 81.3 Å². The molecule has 1 unspecified atom stereocenters. The van der Waals surface area contributed by atoms with Crippen molar-refractivity contribution in [2.24, 2.45) is 5.92 Å². The lowest BCUT2D eigenvalue weighted by molar-refractivity contribution is -0.137. The molecule has 0 radical (unpaired) electrons. The third-order valence-electron chi connectivity index (χ3n) is 7.28. The minimum absolute atomic E-state index is 0.135. The fourth-order valence-corrected chi connectivity index (χ4v) is 5.19. The molecule has 6 N–H and O–H groups in total. The van der Waals surface area contributed by atoms with E-state index in [4.69, 9.17) is 4.68 Å². The van der Waals surface area contributed by atoms with Crippen molar-refractivity contribution in [2.75, 3.05) is 36.8 Å². The van der Waals surface area contributed by atoms with E-state index in [9.17, 15) is 9.59 Å². The molecule has 4 aliphatic rings. The molecule has 11 nitrogen and oxygen atoms in total. The average molecular weight is 503 g/mol. The molecule has 3 aromatic rings. The van der Waals surface area contributed by atoms with Crippen LogP contribution in [0.2, 0.25) is 0 Å². The molecular weight excluding hydrogens is 474 g/mol. The Hall–Kier alpha value is -3.90. The molecule has 1 aliphatic carbocycles. The lowest BCUT2D eigenvalue weighted by Gasteiger charge is -2.18. The van der Waals surface area contributed by atoms with Gasteiger partial charge in [0.05, 0.1) is 12.3 Å². The fraction of sp³-hybridized carbons (Fsp3) is 0.308. The molecular formula is C26H28N7O4+. The van der Waals surface area contributed by atoms with Gasteiger partial charge in [0.2, 0.25) is 5.91 Å². The Bertz CT molecular complexity index is 1370. The predicted octanol–water partition coefficient (Wildman–Crippen LogP) is 1.65. The van der Waals surface area contributed by atoms with Gasteiger partial charge < -0.3 is 10.6 Å². The first-order chi connectivity index (χ1) is 18.1. The lowest BCUT2D eigenvalue weighted by atomic mass is 9.88. The van der Waals surface area contributed by atoms with Gasteiger partial charge in [-0.05, 0) is 35.4 Å². The highest BCUT2D eigenvalue weighted by atomic mass is 17.4. The van der Waals surface area contributed by atoms with Gasteiger partial charge in [-0.25, -0.2) is 0 Å². The fourth-order valence-electron chi connectivity index (χ4n) is 5.19. The van der Waals surface area contributed by atoms with Crippen LogP contribution in [0.3, 0.4) is 0 Å². The van der Waals surface area contributed by atoms with E-state index in [1.165, 1.54) is 4.91 Å². The first-order valence-corrected chi connectivity index (χ1v) is 12.5. The van der Waals surface area contributed by atoms with Crippen molar-refractivity contribution in [1.82, 2.24) is 26.2 Å². The van der Waals surface area contributed by atoms with Crippen LogP contribution in [0, 0.1) is 5.92 Å². The monoisotopic (exact) mass is 502 g/mol. The summed E-state index contributed by atoms with van der Waals surface area (Å²) in [5, 5.41) is 19.4. The number of nitrogens with one attached hydrogen (secondary N) is 6. The maximum Gasteiger partial charge on any atom is 0.470 e. The molecule has 1 aromatic heterocycles. The number of hydrogen-bond donors (Lipinski definition) is 6. The molecule has 11 heteroatoms. The Labute approximate surface area is 212 Å². The van der Waals surface area contributed by atoms with Crippen molar-refractivity contribution in [3.8, 4) is 0 Å². The smallest absolute Gasteiger partial charge is 0.325 e. The largest absolute Gasteiger partial charge is 0.470 e. The molecule has 2 fully saturated rings. The number of aromatic nitrogens is 1. The second kappa shape index (κ2) is 8.60. The Kier molecular flexibility index (Phi) is 5.18. The molecule has 7 rings (SSSR count). The Morgan fingerprint density at radius 1 is 0.838 bits per heavy atom. The van der Waals surface area contributed by atoms with Gasteiger partial charge in [-0.2, -0.15) is 0 Å². The summed E-state index contributed by atoms with van der Waals surface area (Å²) in [5.74, 6) is -1.01. The van der Waals surface area contributed by atoms with Gasteiger partial charge in [0.25, 0.3) is 10.8 Å². The minimum atomic E-state index is -0.854. The molecule has 37 heavy (non-hydrogen) atoms. The summed E-state index contributed by atoms with van der Waals surface area (Å²) in [5.41, 5.74) is 3.25. The SMILES string of the molecule is O=C(Nc1ccc(C2NCCN2)cc1)C1=C[C@@]2(C(C(=O)Nc3ccc(C4NCCN4)cc3)C=C1)n1o[o+]12. The third kappa shape index (κ3) is 3.92. The molecule has 3 aliphatic heterocycles. The summed E-state index contributed by atoms with van der Waals surface area (Å²) in [7, 11) is 0. The number of nitrogens with zero attached hydrogens (tertiary/aromatic N) is 1. The number of rotatable bonds is 6. The van der Waals surface area contributed by atoms with Gasteiger partial charge in [0.15, 0.2) is 5.92 Å². The van der Waals surface area contributed by atoms with E-state index >= 15 is 0 Å². The number of fused-ring (bicyclic) bond motifs is 3. The van der Waals surface area contributed by atoms with E-state index in [0.717, 1.165) is 37.3 Å². The number of carbonyl (C=O) groups is 2. The van der Waals surface area contributed by atoms with Crippen LogP contribution >= 0.6 is 0 Å². The van der Waals surface area contributed by atoms with Gasteiger partial charge in [0.1, 0.15) is 4.68 Å². The number of amides is 2. The van der Waals surface area contributed by atoms with E-state index < -0.39 is 11.6 Å². The number of allylic oxidation sites excluding steroid dienone is 1. The first kappa shape index (κ1) is 22.3. The third-order valence-corrected chi connectivity index (χ3v) is 7.28. The zero-order valence-corrected chi connectivity index (χ0v) is 20.0. The highest BCUT2D eigenvalue weighted by Crippen LogP contribution is 2.58. The second-order valence-electron chi connectivity index (χ2n) is 9.64. The quantitative estimate of drug-likeness (QED) is 0.224. The van der Waals surface area contributed by atoms with Crippen molar-refractivity contribution in [3.05, 3.63) is 83.5 Å². The van der Waals surface area contributed by atoms with Gasteiger partial charge in [-0.15, -0.1) is 4.31 Å². The van der Waals surface area contributed by atoms with Crippen LogP contribution in [-0.2, 0) is 15.3 Å². The molecule has 0 saturated carbocycles. The molecule has 2 atom stereocenters. The summed E-state index contributed by atoms with van der Waals surface area (Å²) >= 11 is 0. The van der Waals surface area contributed by atoms with Gasteiger partial charge >= 0.3 is 5.72 Å². The van der Waals surface area contributed by atoms with Crippen LogP contribution < -0.4 is 31.9 Å². The van der Waals surface area contributed by atoms with E-state index in [2.05, 4.69) is 36.2 Å². The zero-order valence-electron chi connectivity index (χ0n) is 20.0. The summed E-state index contributed by atoms with van der Waals surface area (Å²) in [6.07, 6.45) is 5.46. The predicted molar refractivity (Wildman–Crippen MR) is 135 cm³/mol. The summed E-state index contributed by atoms with van der Waals surface area (Å²) < 4.78 is 7.66. The molecule has 1 spiro atoms. The van der Waals surface area contributed by atoms with E-state index in [0.29, 0.717) is 16.9 Å². The molecule has 190 valence electrons. The topological polar surface area (TPSA) is 127 Å². The van der Waals surface area contributed by atoms with Crippen molar-refractivity contribution in [2.45, 2.75) is 18.1 Å². The van der Waals surface area contributed by atoms with Crippen LogP contribution in [0.1, 0.15) is 23.5 Å². The normalized spacial score (nSPS) is 24.9. The maximum atomic E-state index is 13.2. The van der Waals surface area contributed by atoms with E-state index in [-0.39, 0.29) is 24.1 Å². The Balaban J connectivity index is 1.01. The Morgan fingerprint density at radius 3 is 1.84 bits per heavy atom. The summed E-state index contributed by atoms with van der Waals surface area (Å²) in [6, 6.07) is 15.5. The second-order valence-corrected chi connectivity index (χ2v) is 9.64. The Morgan fingerprint density at radius 2 is 1.35 bits per heavy atom. The summed E-state index contributed by atoms with van der Waals surface area (Å²) in [6.45, 7) is 3.73. The lowest BCUT2D eigenvalue weighted by Crippen LogP contribution is -2.37. The maximum absolute atomic E-state index is 13.2. The van der Waals surface area contributed by atoms with E-state index in [1.807, 2.05) is 48.5 Å². The molecule has 2 aromatic carbocycles. The molecule has 2 amide bonds.